The molecule has 3 N–H and O–H groups in total. The molecule has 19 heavy (non-hydrogen) atoms. The predicted octanol–water partition coefficient (Wildman–Crippen LogP) is 4.19. The van der Waals surface area contributed by atoms with Crippen molar-refractivity contribution < 1.29 is 4.79 Å². The van der Waals surface area contributed by atoms with Gasteiger partial charge >= 0.3 is 0 Å². The molecule has 5 heteroatoms. The molecule has 0 aliphatic carbocycles. The molecule has 1 amide bonds. The highest BCUT2D eigenvalue weighted by atomic mass is 79.9. The average Bonchev–Trinajstić information content (AvgIpc) is 2.21. The molecule has 0 bridgehead atoms. The first-order valence-electron chi connectivity index (χ1n) is 6.18. The lowest BCUT2D eigenvalue weighted by Gasteiger charge is -2.22. The number of carbonyl (C=O) groups is 1. The van der Waals surface area contributed by atoms with Crippen LogP contribution in [0.3, 0.4) is 0 Å². The summed E-state index contributed by atoms with van der Waals surface area (Å²) in [7, 11) is 0. The predicted molar refractivity (Wildman–Crippen MR) is 84.4 cm³/mol. The Balaban J connectivity index is 2.58. The van der Waals surface area contributed by atoms with Crippen molar-refractivity contribution in [1.29, 1.82) is 0 Å². The summed E-state index contributed by atoms with van der Waals surface area (Å²) in [5.74, 6) is -0.0975. The molecule has 1 aromatic carbocycles. The molecule has 0 radical (unpaired) electrons. The molecule has 3 nitrogen and oxygen atoms in total. The van der Waals surface area contributed by atoms with E-state index >= 15 is 0 Å². The summed E-state index contributed by atoms with van der Waals surface area (Å²) in [6.07, 6.45) is 1.10. The van der Waals surface area contributed by atoms with Crippen LogP contribution in [-0.4, -0.2) is 11.9 Å². The van der Waals surface area contributed by atoms with E-state index in [-0.39, 0.29) is 17.4 Å². The summed E-state index contributed by atoms with van der Waals surface area (Å²) in [5.41, 5.74) is 6.77. The summed E-state index contributed by atoms with van der Waals surface area (Å²) in [4.78, 5) is 11.9. The summed E-state index contributed by atoms with van der Waals surface area (Å²) in [6, 6.07) is 5.20. The van der Waals surface area contributed by atoms with Crippen LogP contribution in [-0.2, 0) is 4.79 Å². The Morgan fingerprint density at radius 1 is 1.47 bits per heavy atom. The zero-order valence-electron chi connectivity index (χ0n) is 11.5. The van der Waals surface area contributed by atoms with Gasteiger partial charge in [0.15, 0.2) is 0 Å². The summed E-state index contributed by atoms with van der Waals surface area (Å²) >= 11 is 9.31. The molecule has 0 aliphatic rings. The van der Waals surface area contributed by atoms with Gasteiger partial charge in [0.2, 0.25) is 5.91 Å². The monoisotopic (exact) mass is 346 g/mol. The van der Waals surface area contributed by atoms with E-state index in [9.17, 15) is 4.79 Å². The lowest BCUT2D eigenvalue weighted by molar-refractivity contribution is -0.116. The van der Waals surface area contributed by atoms with Crippen molar-refractivity contribution in [3.05, 3.63) is 27.7 Å². The van der Waals surface area contributed by atoms with Crippen molar-refractivity contribution in [1.82, 2.24) is 0 Å². The normalized spacial score (nSPS) is 13.2. The Morgan fingerprint density at radius 3 is 2.68 bits per heavy atom. The zero-order valence-corrected chi connectivity index (χ0v) is 13.8. The van der Waals surface area contributed by atoms with E-state index in [1.165, 1.54) is 0 Å². The van der Waals surface area contributed by atoms with Crippen molar-refractivity contribution in [2.45, 2.75) is 39.7 Å². The van der Waals surface area contributed by atoms with E-state index in [1.54, 1.807) is 18.2 Å². The van der Waals surface area contributed by atoms with Gasteiger partial charge in [0.25, 0.3) is 0 Å². The van der Waals surface area contributed by atoms with Gasteiger partial charge in [0.1, 0.15) is 0 Å². The van der Waals surface area contributed by atoms with Gasteiger partial charge in [-0.3, -0.25) is 4.79 Å². The van der Waals surface area contributed by atoms with Gasteiger partial charge < -0.3 is 11.1 Å². The average molecular weight is 348 g/mol. The fourth-order valence-corrected chi connectivity index (χ4v) is 2.44. The van der Waals surface area contributed by atoms with Gasteiger partial charge in [-0.15, -0.1) is 0 Å². The molecular weight excluding hydrogens is 328 g/mol. The molecular formula is C14H20BrClN2O. The summed E-state index contributed by atoms with van der Waals surface area (Å²) in [6.45, 7) is 6.33. The molecule has 0 fully saturated rings. The summed E-state index contributed by atoms with van der Waals surface area (Å²) in [5, 5.41) is 3.38. The maximum atomic E-state index is 11.9. The van der Waals surface area contributed by atoms with E-state index in [0.717, 1.165) is 6.42 Å². The Bertz CT molecular complexity index is 457. The van der Waals surface area contributed by atoms with E-state index < -0.39 is 0 Å². The topological polar surface area (TPSA) is 55.1 Å². The maximum Gasteiger partial charge on any atom is 0.225 e. The molecule has 0 heterocycles. The van der Waals surface area contributed by atoms with E-state index in [0.29, 0.717) is 21.6 Å². The number of amides is 1. The van der Waals surface area contributed by atoms with Crippen LogP contribution in [0.4, 0.5) is 5.69 Å². The highest BCUT2D eigenvalue weighted by molar-refractivity contribution is 9.10. The third kappa shape index (κ3) is 5.93. The number of nitrogens with two attached hydrogens (primary N) is 1. The van der Waals surface area contributed by atoms with Gasteiger partial charge in [-0.2, -0.15) is 0 Å². The third-order valence-corrected chi connectivity index (χ3v) is 3.95. The van der Waals surface area contributed by atoms with Gasteiger partial charge in [-0.05, 0) is 39.9 Å². The fraction of sp³-hybridized carbons (Fsp3) is 0.500. The van der Waals surface area contributed by atoms with Gasteiger partial charge in [0.05, 0.1) is 15.2 Å². The first kappa shape index (κ1) is 16.5. The molecule has 0 saturated carbocycles. The second-order valence-electron chi connectivity index (χ2n) is 5.88. The van der Waals surface area contributed by atoms with Crippen molar-refractivity contribution in [2.24, 2.45) is 11.1 Å². The third-order valence-electron chi connectivity index (χ3n) is 2.55. The minimum atomic E-state index is -0.141. The number of benzene rings is 1. The number of hydrogen-bond acceptors (Lipinski definition) is 2. The molecule has 1 atom stereocenters. The quantitative estimate of drug-likeness (QED) is 0.858. The second-order valence-corrected chi connectivity index (χ2v) is 7.08. The number of rotatable bonds is 4. The molecule has 1 rings (SSSR count). The Morgan fingerprint density at radius 2 is 2.11 bits per heavy atom. The molecule has 1 unspecified atom stereocenters. The first-order chi connectivity index (χ1) is 8.69. The molecule has 106 valence electrons. The lowest BCUT2D eigenvalue weighted by Crippen LogP contribution is -2.31. The van der Waals surface area contributed by atoms with Crippen LogP contribution < -0.4 is 11.1 Å². The van der Waals surface area contributed by atoms with E-state index in [1.807, 2.05) is 0 Å². The highest BCUT2D eigenvalue weighted by Gasteiger charge is 2.18. The van der Waals surface area contributed by atoms with Crippen molar-refractivity contribution >= 4 is 39.1 Å². The Labute approximate surface area is 128 Å². The van der Waals surface area contributed by atoms with Crippen LogP contribution in [0.15, 0.2) is 22.7 Å². The van der Waals surface area contributed by atoms with E-state index in [4.69, 9.17) is 17.3 Å². The minimum absolute atomic E-state index is 0.0975. The maximum absolute atomic E-state index is 11.9. The van der Waals surface area contributed by atoms with Crippen LogP contribution >= 0.6 is 27.5 Å². The first-order valence-corrected chi connectivity index (χ1v) is 7.35. The minimum Gasteiger partial charge on any atom is -0.327 e. The molecule has 1 aromatic rings. The van der Waals surface area contributed by atoms with Crippen LogP contribution in [0.1, 0.15) is 33.6 Å². The zero-order chi connectivity index (χ0) is 14.6. The fourth-order valence-electron chi connectivity index (χ4n) is 1.90. The Hall–Kier alpha value is -0.580. The van der Waals surface area contributed by atoms with Crippen LogP contribution in [0.25, 0.3) is 0 Å². The van der Waals surface area contributed by atoms with Crippen molar-refractivity contribution in [3.63, 3.8) is 0 Å². The number of carbonyl (C=O) groups excluding carboxylic acids is 1. The second kappa shape index (κ2) is 6.73. The van der Waals surface area contributed by atoms with Crippen LogP contribution in [0.5, 0.6) is 0 Å². The molecule has 0 aromatic heterocycles. The molecule has 0 aliphatic heterocycles. The van der Waals surface area contributed by atoms with Crippen LogP contribution in [0.2, 0.25) is 5.02 Å². The van der Waals surface area contributed by atoms with Crippen LogP contribution in [0, 0.1) is 5.41 Å². The number of anilines is 1. The Kier molecular flexibility index (Phi) is 5.83. The smallest absolute Gasteiger partial charge is 0.225 e. The summed E-state index contributed by atoms with van der Waals surface area (Å²) < 4.78 is 0.689. The van der Waals surface area contributed by atoms with E-state index in [2.05, 4.69) is 42.0 Å². The highest BCUT2D eigenvalue weighted by Crippen LogP contribution is 2.30. The SMILES string of the molecule is CC(C)(C)CC(N)CC(=O)Nc1cccc(Cl)c1Br. The van der Waals surface area contributed by atoms with Crippen molar-refractivity contribution in [2.75, 3.05) is 5.32 Å². The number of nitrogens with one attached hydrogen (secondary N) is 1. The van der Waals surface area contributed by atoms with Gasteiger partial charge in [-0.25, -0.2) is 0 Å². The number of halogens is 2. The van der Waals surface area contributed by atoms with Crippen molar-refractivity contribution in [3.8, 4) is 0 Å². The molecule has 0 spiro atoms. The standard InChI is InChI=1S/C14H20BrClN2O/c1-14(2,3)8-9(17)7-12(19)18-11-6-4-5-10(16)13(11)15/h4-6,9H,7-8,17H2,1-3H3,(H,18,19). The van der Waals surface area contributed by atoms with Gasteiger partial charge in [0, 0.05) is 12.5 Å². The van der Waals surface area contributed by atoms with Gasteiger partial charge in [-0.1, -0.05) is 38.4 Å². The molecule has 0 saturated heterocycles. The largest absolute Gasteiger partial charge is 0.327 e. The lowest BCUT2D eigenvalue weighted by atomic mass is 9.87. The number of hydrogen-bond donors (Lipinski definition) is 2.